The van der Waals surface area contributed by atoms with E-state index in [0.29, 0.717) is 12.5 Å². The van der Waals surface area contributed by atoms with Gasteiger partial charge in [-0.25, -0.2) is 0 Å². The molecule has 112 valence electrons. The van der Waals surface area contributed by atoms with Crippen molar-refractivity contribution >= 4 is 5.91 Å². The summed E-state index contributed by atoms with van der Waals surface area (Å²) in [5.74, 6) is 3.42. The molecule has 2 bridgehead atoms. The van der Waals surface area contributed by atoms with Gasteiger partial charge in [-0.05, 0) is 67.1 Å². The number of aromatic hydroxyl groups is 1. The number of phenolic OH excluding ortho intramolecular Hbond substituents is 1. The van der Waals surface area contributed by atoms with Crippen LogP contribution in [0.25, 0.3) is 0 Å². The van der Waals surface area contributed by atoms with Gasteiger partial charge in [-0.1, -0.05) is 12.1 Å². The molecule has 4 nitrogen and oxygen atoms in total. The molecular formula is C17H22N2O2. The third kappa shape index (κ3) is 2.22. The second-order valence-corrected chi connectivity index (χ2v) is 7.00. The SMILES string of the molecule is N[C@@H](Cc1ccc(O)cc1)C(=O)NC1C2C3CCC(C3)C12. The molecule has 3 aliphatic carbocycles. The molecule has 0 spiro atoms. The van der Waals surface area contributed by atoms with Crippen LogP contribution in [0.5, 0.6) is 5.75 Å². The lowest BCUT2D eigenvalue weighted by Gasteiger charge is -2.15. The minimum absolute atomic E-state index is 0.0260. The summed E-state index contributed by atoms with van der Waals surface area (Å²) in [5.41, 5.74) is 7.00. The second-order valence-electron chi connectivity index (χ2n) is 7.00. The van der Waals surface area contributed by atoms with Crippen molar-refractivity contribution < 1.29 is 9.90 Å². The molecule has 1 amide bonds. The maximum atomic E-state index is 12.2. The molecule has 0 aliphatic heterocycles. The van der Waals surface area contributed by atoms with Gasteiger partial charge in [-0.2, -0.15) is 0 Å². The van der Waals surface area contributed by atoms with E-state index in [2.05, 4.69) is 5.32 Å². The summed E-state index contributed by atoms with van der Waals surface area (Å²) < 4.78 is 0. The van der Waals surface area contributed by atoms with Crippen LogP contribution in [0, 0.1) is 23.7 Å². The van der Waals surface area contributed by atoms with Gasteiger partial charge in [-0.3, -0.25) is 4.79 Å². The van der Waals surface area contributed by atoms with Gasteiger partial charge in [0.05, 0.1) is 6.04 Å². The molecule has 0 radical (unpaired) electrons. The average Bonchev–Trinajstić information content (AvgIpc) is 2.86. The molecule has 0 aromatic heterocycles. The number of rotatable bonds is 4. The number of nitrogens with two attached hydrogens (primary N) is 1. The van der Waals surface area contributed by atoms with Crippen LogP contribution in [0.1, 0.15) is 24.8 Å². The fourth-order valence-electron chi connectivity index (χ4n) is 4.77. The van der Waals surface area contributed by atoms with Crippen LogP contribution in [0.2, 0.25) is 0 Å². The van der Waals surface area contributed by atoms with Crippen molar-refractivity contribution in [2.75, 3.05) is 0 Å². The van der Waals surface area contributed by atoms with E-state index in [1.807, 2.05) is 12.1 Å². The number of amides is 1. The minimum atomic E-state index is -0.506. The van der Waals surface area contributed by atoms with Crippen LogP contribution in [0.4, 0.5) is 0 Å². The molecule has 0 heterocycles. The number of fused-ring (bicyclic) bond motifs is 5. The summed E-state index contributed by atoms with van der Waals surface area (Å²) >= 11 is 0. The quantitative estimate of drug-likeness (QED) is 0.783. The summed E-state index contributed by atoms with van der Waals surface area (Å²) in [6, 6.07) is 6.78. The summed E-state index contributed by atoms with van der Waals surface area (Å²) in [4.78, 5) is 12.2. The van der Waals surface area contributed by atoms with E-state index in [0.717, 1.165) is 29.2 Å². The Morgan fingerprint density at radius 1 is 1.24 bits per heavy atom. The number of hydrogen-bond donors (Lipinski definition) is 3. The van der Waals surface area contributed by atoms with Gasteiger partial charge < -0.3 is 16.2 Å². The smallest absolute Gasteiger partial charge is 0.237 e. The standard InChI is InChI=1S/C17H22N2O2/c18-13(7-9-1-5-12(20)6-2-9)17(21)19-16-14-10-3-4-11(8-10)15(14)16/h1-2,5-6,10-11,13-16,20H,3-4,7-8,18H2,(H,19,21)/t10?,11?,13-,14?,15?,16?/m0/s1. The maximum Gasteiger partial charge on any atom is 0.237 e. The van der Waals surface area contributed by atoms with Crippen molar-refractivity contribution in [2.24, 2.45) is 29.4 Å². The van der Waals surface area contributed by atoms with Crippen molar-refractivity contribution in [3.63, 3.8) is 0 Å². The Morgan fingerprint density at radius 3 is 2.48 bits per heavy atom. The Morgan fingerprint density at radius 2 is 1.86 bits per heavy atom. The lowest BCUT2D eigenvalue weighted by Crippen LogP contribution is -2.44. The van der Waals surface area contributed by atoms with Crippen molar-refractivity contribution in [3.8, 4) is 5.75 Å². The number of benzene rings is 1. The minimum Gasteiger partial charge on any atom is -0.508 e. The monoisotopic (exact) mass is 286 g/mol. The third-order valence-corrected chi connectivity index (χ3v) is 5.77. The zero-order valence-electron chi connectivity index (χ0n) is 12.0. The van der Waals surface area contributed by atoms with Crippen molar-refractivity contribution in [3.05, 3.63) is 29.8 Å². The number of phenols is 1. The molecular weight excluding hydrogens is 264 g/mol. The second kappa shape index (κ2) is 4.73. The Kier molecular flexibility index (Phi) is 2.96. The summed E-state index contributed by atoms with van der Waals surface area (Å²) in [6.45, 7) is 0. The average molecular weight is 286 g/mol. The van der Waals surface area contributed by atoms with E-state index in [1.54, 1.807) is 12.1 Å². The Bertz CT molecular complexity index is 540. The lowest BCUT2D eigenvalue weighted by molar-refractivity contribution is -0.122. The molecule has 0 saturated heterocycles. The van der Waals surface area contributed by atoms with Gasteiger partial charge in [0, 0.05) is 6.04 Å². The van der Waals surface area contributed by atoms with Crippen LogP contribution in [0.3, 0.4) is 0 Å². The maximum absolute atomic E-state index is 12.2. The highest BCUT2D eigenvalue weighted by Crippen LogP contribution is 2.65. The van der Waals surface area contributed by atoms with E-state index in [1.165, 1.54) is 19.3 Å². The van der Waals surface area contributed by atoms with E-state index < -0.39 is 6.04 Å². The molecule has 5 atom stereocenters. The topological polar surface area (TPSA) is 75.3 Å². The van der Waals surface area contributed by atoms with Gasteiger partial charge in [0.25, 0.3) is 0 Å². The Hall–Kier alpha value is -1.55. The number of carbonyl (C=O) groups excluding carboxylic acids is 1. The van der Waals surface area contributed by atoms with Crippen molar-refractivity contribution in [2.45, 2.75) is 37.8 Å². The fraction of sp³-hybridized carbons (Fsp3) is 0.588. The van der Waals surface area contributed by atoms with Gasteiger partial charge in [0.15, 0.2) is 0 Å². The van der Waals surface area contributed by atoms with Crippen LogP contribution in [-0.2, 0) is 11.2 Å². The first-order valence-corrected chi connectivity index (χ1v) is 7.97. The highest BCUT2D eigenvalue weighted by molar-refractivity contribution is 5.82. The summed E-state index contributed by atoms with van der Waals surface area (Å²) in [5, 5.41) is 12.4. The van der Waals surface area contributed by atoms with E-state index in [9.17, 15) is 9.90 Å². The molecule has 3 fully saturated rings. The fourth-order valence-corrected chi connectivity index (χ4v) is 4.77. The van der Waals surface area contributed by atoms with Gasteiger partial charge in [0.2, 0.25) is 5.91 Å². The zero-order valence-corrected chi connectivity index (χ0v) is 12.0. The number of nitrogens with one attached hydrogen (secondary N) is 1. The number of carbonyl (C=O) groups is 1. The normalized spacial score (nSPS) is 37.1. The summed E-state index contributed by atoms with van der Waals surface area (Å²) in [7, 11) is 0. The number of hydrogen-bond acceptors (Lipinski definition) is 3. The molecule has 4 unspecified atom stereocenters. The molecule has 4 rings (SSSR count). The van der Waals surface area contributed by atoms with Crippen molar-refractivity contribution in [1.82, 2.24) is 5.32 Å². The van der Waals surface area contributed by atoms with E-state index in [4.69, 9.17) is 5.73 Å². The first-order valence-electron chi connectivity index (χ1n) is 7.97. The van der Waals surface area contributed by atoms with Gasteiger partial charge >= 0.3 is 0 Å². The molecule has 21 heavy (non-hydrogen) atoms. The first kappa shape index (κ1) is 13.1. The van der Waals surface area contributed by atoms with E-state index >= 15 is 0 Å². The van der Waals surface area contributed by atoms with Crippen LogP contribution in [0.15, 0.2) is 24.3 Å². The lowest BCUT2D eigenvalue weighted by atomic mass is 10.0. The molecule has 3 saturated carbocycles. The summed E-state index contributed by atoms with van der Waals surface area (Å²) in [6.07, 6.45) is 4.62. The van der Waals surface area contributed by atoms with Crippen LogP contribution < -0.4 is 11.1 Å². The largest absolute Gasteiger partial charge is 0.508 e. The first-order chi connectivity index (χ1) is 10.1. The molecule has 4 N–H and O–H groups in total. The van der Waals surface area contributed by atoms with Gasteiger partial charge in [-0.15, -0.1) is 0 Å². The highest BCUT2D eigenvalue weighted by Gasteiger charge is 2.65. The van der Waals surface area contributed by atoms with Crippen molar-refractivity contribution in [1.29, 1.82) is 0 Å². The van der Waals surface area contributed by atoms with Crippen LogP contribution >= 0.6 is 0 Å². The Balaban J connectivity index is 1.32. The van der Waals surface area contributed by atoms with E-state index in [-0.39, 0.29) is 11.7 Å². The molecule has 3 aliphatic rings. The molecule has 1 aromatic carbocycles. The molecule has 1 aromatic rings. The predicted molar refractivity (Wildman–Crippen MR) is 79.5 cm³/mol. The third-order valence-electron chi connectivity index (χ3n) is 5.77. The van der Waals surface area contributed by atoms with Gasteiger partial charge in [0.1, 0.15) is 5.75 Å². The van der Waals surface area contributed by atoms with Crippen LogP contribution in [-0.4, -0.2) is 23.1 Å². The highest BCUT2D eigenvalue weighted by atomic mass is 16.3. The predicted octanol–water partition coefficient (Wildman–Crippen LogP) is 1.42. The Labute approximate surface area is 124 Å². The molecule has 4 heteroatoms. The zero-order chi connectivity index (χ0) is 14.6.